The predicted octanol–water partition coefficient (Wildman–Crippen LogP) is 4.62. The number of carbonyl (C=O) groups is 1. The first-order valence-corrected chi connectivity index (χ1v) is 9.90. The number of hydrogen-bond donors (Lipinski definition) is 1. The molecule has 1 aliphatic rings. The largest absolute Gasteiger partial charge is 0.497 e. The second-order valence-corrected chi connectivity index (χ2v) is 7.78. The van der Waals surface area contributed by atoms with E-state index in [4.69, 9.17) is 21.4 Å². The molecule has 0 saturated heterocycles. The zero-order valence-electron chi connectivity index (χ0n) is 14.9. The molecule has 1 amide bonds. The van der Waals surface area contributed by atoms with Gasteiger partial charge in [-0.1, -0.05) is 23.7 Å². The highest BCUT2D eigenvalue weighted by Crippen LogP contribution is 2.44. The first-order valence-electron chi connectivity index (χ1n) is 8.47. The second kappa shape index (κ2) is 7.29. The maximum absolute atomic E-state index is 12.4. The fraction of sp³-hybridized carbons (Fsp3) is 0.200. The molecule has 1 aromatic heterocycles. The van der Waals surface area contributed by atoms with Gasteiger partial charge in [-0.3, -0.25) is 4.79 Å². The van der Waals surface area contributed by atoms with Crippen LogP contribution in [0.25, 0.3) is 5.69 Å². The third-order valence-corrected chi connectivity index (χ3v) is 5.98. The van der Waals surface area contributed by atoms with Gasteiger partial charge in [-0.2, -0.15) is 5.10 Å². The highest BCUT2D eigenvalue weighted by molar-refractivity contribution is 8.00. The van der Waals surface area contributed by atoms with Gasteiger partial charge in [0.05, 0.1) is 29.5 Å². The molecule has 0 radical (unpaired) electrons. The average molecular weight is 400 g/mol. The van der Waals surface area contributed by atoms with Crippen molar-refractivity contribution in [2.24, 2.45) is 0 Å². The van der Waals surface area contributed by atoms with Gasteiger partial charge in [-0.15, -0.1) is 11.8 Å². The first-order chi connectivity index (χ1) is 13.1. The zero-order valence-corrected chi connectivity index (χ0v) is 16.5. The standard InChI is InChI=1S/C20H18ClN3O2S/c1-12-18-19(13-4-3-5-14(21)10-13)27-11-17(25)22-20(18)24(23-12)15-6-8-16(26-2)9-7-15/h3-10,19H,11H2,1-2H3,(H,22,25)/t19-/m1/s1. The Kier molecular flexibility index (Phi) is 4.85. The molecular weight excluding hydrogens is 382 g/mol. The molecule has 3 aromatic rings. The number of thioether (sulfide) groups is 1. The number of aromatic nitrogens is 2. The van der Waals surface area contributed by atoms with E-state index >= 15 is 0 Å². The van der Waals surface area contributed by atoms with Crippen molar-refractivity contribution in [2.45, 2.75) is 12.2 Å². The molecule has 0 unspecified atom stereocenters. The number of halogens is 1. The molecule has 0 fully saturated rings. The quantitative estimate of drug-likeness (QED) is 0.698. The van der Waals surface area contributed by atoms with Crippen molar-refractivity contribution < 1.29 is 9.53 Å². The fourth-order valence-electron chi connectivity index (χ4n) is 3.23. The number of nitrogens with one attached hydrogen (secondary N) is 1. The van der Waals surface area contributed by atoms with Crippen LogP contribution < -0.4 is 10.1 Å². The number of benzene rings is 2. The molecule has 0 spiro atoms. The molecule has 2 aromatic carbocycles. The Morgan fingerprint density at radius 2 is 2.04 bits per heavy atom. The van der Waals surface area contributed by atoms with Crippen molar-refractivity contribution >= 4 is 35.1 Å². The van der Waals surface area contributed by atoms with Crippen molar-refractivity contribution in [3.05, 3.63) is 70.4 Å². The molecule has 2 heterocycles. The monoisotopic (exact) mass is 399 g/mol. The van der Waals surface area contributed by atoms with Crippen LogP contribution in [-0.2, 0) is 4.79 Å². The Morgan fingerprint density at radius 1 is 1.26 bits per heavy atom. The number of anilines is 1. The second-order valence-electron chi connectivity index (χ2n) is 6.25. The Labute approximate surface area is 166 Å². The molecule has 0 bridgehead atoms. The summed E-state index contributed by atoms with van der Waals surface area (Å²) in [5.74, 6) is 1.80. The van der Waals surface area contributed by atoms with E-state index in [-0.39, 0.29) is 11.2 Å². The van der Waals surface area contributed by atoms with Crippen molar-refractivity contribution in [1.29, 1.82) is 0 Å². The lowest BCUT2D eigenvalue weighted by molar-refractivity contribution is -0.113. The number of nitrogens with zero attached hydrogens (tertiary/aromatic N) is 2. The summed E-state index contributed by atoms with van der Waals surface area (Å²) in [7, 11) is 1.63. The van der Waals surface area contributed by atoms with Crippen LogP contribution >= 0.6 is 23.4 Å². The summed E-state index contributed by atoms with van der Waals surface area (Å²) in [6.45, 7) is 1.97. The average Bonchev–Trinajstić information content (AvgIpc) is 2.87. The number of fused-ring (bicyclic) bond motifs is 1. The van der Waals surface area contributed by atoms with Crippen LogP contribution in [0, 0.1) is 6.92 Å². The fourth-order valence-corrected chi connectivity index (χ4v) is 4.60. The van der Waals surface area contributed by atoms with Gasteiger partial charge in [0.1, 0.15) is 11.6 Å². The topological polar surface area (TPSA) is 56.1 Å². The lowest BCUT2D eigenvalue weighted by atomic mass is 10.0. The summed E-state index contributed by atoms with van der Waals surface area (Å²) < 4.78 is 7.01. The molecular formula is C20H18ClN3O2S. The number of aryl methyl sites for hydroxylation is 1. The Hall–Kier alpha value is -2.44. The number of rotatable bonds is 3. The molecule has 7 heteroatoms. The SMILES string of the molecule is COc1ccc(-n2nc(C)c3c2NC(=O)CS[C@@H]3c2cccc(Cl)c2)cc1. The van der Waals surface area contributed by atoms with Crippen LogP contribution in [0.2, 0.25) is 5.02 Å². The number of ether oxygens (including phenoxy) is 1. The van der Waals surface area contributed by atoms with Gasteiger partial charge < -0.3 is 10.1 Å². The summed E-state index contributed by atoms with van der Waals surface area (Å²) in [4.78, 5) is 12.4. The van der Waals surface area contributed by atoms with Crippen molar-refractivity contribution in [2.75, 3.05) is 18.2 Å². The van der Waals surface area contributed by atoms with Gasteiger partial charge in [-0.05, 0) is 48.9 Å². The molecule has 27 heavy (non-hydrogen) atoms. The summed E-state index contributed by atoms with van der Waals surface area (Å²) in [6.07, 6.45) is 0. The van der Waals surface area contributed by atoms with Crippen LogP contribution in [0.1, 0.15) is 22.1 Å². The molecule has 0 saturated carbocycles. The van der Waals surface area contributed by atoms with Gasteiger partial charge in [-0.25, -0.2) is 4.68 Å². The first kappa shape index (κ1) is 17.9. The van der Waals surface area contributed by atoms with E-state index in [1.54, 1.807) is 23.6 Å². The number of methoxy groups -OCH3 is 1. The minimum Gasteiger partial charge on any atom is -0.497 e. The third kappa shape index (κ3) is 3.42. The van der Waals surface area contributed by atoms with Gasteiger partial charge >= 0.3 is 0 Å². The summed E-state index contributed by atoms with van der Waals surface area (Å²) in [6, 6.07) is 15.4. The Morgan fingerprint density at radius 3 is 2.74 bits per heavy atom. The molecule has 1 atom stereocenters. The van der Waals surface area contributed by atoms with E-state index in [0.717, 1.165) is 28.3 Å². The summed E-state index contributed by atoms with van der Waals surface area (Å²) >= 11 is 7.79. The van der Waals surface area contributed by atoms with E-state index in [1.165, 1.54) is 0 Å². The van der Waals surface area contributed by atoms with Crippen molar-refractivity contribution in [3.63, 3.8) is 0 Å². The Balaban J connectivity index is 1.86. The highest BCUT2D eigenvalue weighted by Gasteiger charge is 2.30. The van der Waals surface area contributed by atoms with E-state index in [1.807, 2.05) is 55.5 Å². The van der Waals surface area contributed by atoms with Crippen LogP contribution in [0.4, 0.5) is 5.82 Å². The predicted molar refractivity (Wildman–Crippen MR) is 109 cm³/mol. The van der Waals surface area contributed by atoms with Gasteiger partial charge in [0, 0.05) is 10.6 Å². The molecule has 5 nitrogen and oxygen atoms in total. The number of amides is 1. The molecule has 1 N–H and O–H groups in total. The van der Waals surface area contributed by atoms with Gasteiger partial charge in [0.2, 0.25) is 5.91 Å². The highest BCUT2D eigenvalue weighted by atomic mass is 35.5. The van der Waals surface area contributed by atoms with Crippen LogP contribution in [0.3, 0.4) is 0 Å². The summed E-state index contributed by atoms with van der Waals surface area (Å²) in [5, 5.41) is 8.39. The number of hydrogen-bond acceptors (Lipinski definition) is 4. The lowest BCUT2D eigenvalue weighted by Gasteiger charge is -2.15. The smallest absolute Gasteiger partial charge is 0.235 e. The summed E-state index contributed by atoms with van der Waals surface area (Å²) in [5.41, 5.74) is 3.80. The minimum absolute atomic E-state index is 0.0235. The van der Waals surface area contributed by atoms with Crippen molar-refractivity contribution in [3.8, 4) is 11.4 Å². The molecule has 4 rings (SSSR count). The molecule has 0 aliphatic carbocycles. The number of carbonyl (C=O) groups excluding carboxylic acids is 1. The van der Waals surface area contributed by atoms with E-state index < -0.39 is 0 Å². The maximum Gasteiger partial charge on any atom is 0.235 e. The third-order valence-electron chi connectivity index (χ3n) is 4.48. The normalized spacial score (nSPS) is 16.4. The van der Waals surface area contributed by atoms with E-state index in [2.05, 4.69) is 5.32 Å². The maximum atomic E-state index is 12.4. The van der Waals surface area contributed by atoms with Crippen LogP contribution in [-0.4, -0.2) is 28.6 Å². The van der Waals surface area contributed by atoms with Gasteiger partial charge in [0.25, 0.3) is 0 Å². The lowest BCUT2D eigenvalue weighted by Crippen LogP contribution is -2.15. The van der Waals surface area contributed by atoms with E-state index in [0.29, 0.717) is 16.6 Å². The van der Waals surface area contributed by atoms with E-state index in [9.17, 15) is 4.79 Å². The minimum atomic E-state index is -0.0413. The molecule has 138 valence electrons. The van der Waals surface area contributed by atoms with Crippen LogP contribution in [0.5, 0.6) is 5.75 Å². The zero-order chi connectivity index (χ0) is 19.0. The van der Waals surface area contributed by atoms with Gasteiger partial charge in [0.15, 0.2) is 0 Å². The van der Waals surface area contributed by atoms with Crippen molar-refractivity contribution in [1.82, 2.24) is 9.78 Å². The molecule has 1 aliphatic heterocycles. The Bertz CT molecular complexity index is 1000. The van der Waals surface area contributed by atoms with Crippen LogP contribution in [0.15, 0.2) is 48.5 Å².